The number of piperidine rings is 1. The first kappa shape index (κ1) is 17.3. The Morgan fingerprint density at radius 2 is 1.64 bits per heavy atom. The summed E-state index contributed by atoms with van der Waals surface area (Å²) < 4.78 is 0. The minimum atomic E-state index is -0.450. The van der Waals surface area contributed by atoms with Crippen LogP contribution in [0.2, 0.25) is 0 Å². The summed E-state index contributed by atoms with van der Waals surface area (Å²) >= 11 is 0. The van der Waals surface area contributed by atoms with E-state index < -0.39 is 4.92 Å². The highest BCUT2D eigenvalue weighted by Crippen LogP contribution is 2.29. The summed E-state index contributed by atoms with van der Waals surface area (Å²) in [5, 5.41) is 10.8. The van der Waals surface area contributed by atoms with Crippen molar-refractivity contribution in [2.75, 3.05) is 13.1 Å². The Hall–Kier alpha value is -2.53. The first-order valence-corrected chi connectivity index (χ1v) is 8.72. The Kier molecular flexibility index (Phi) is 5.56. The summed E-state index contributed by atoms with van der Waals surface area (Å²) in [5.41, 5.74) is 1.69. The van der Waals surface area contributed by atoms with Crippen molar-refractivity contribution in [1.82, 2.24) is 4.90 Å². The number of nitro benzene ring substituents is 1. The van der Waals surface area contributed by atoms with Gasteiger partial charge < -0.3 is 0 Å². The molecule has 0 aliphatic carbocycles. The van der Waals surface area contributed by atoms with Gasteiger partial charge in [0, 0.05) is 30.2 Å². The van der Waals surface area contributed by atoms with E-state index in [0.29, 0.717) is 12.0 Å². The third-order valence-electron chi connectivity index (χ3n) is 4.79. The highest BCUT2D eigenvalue weighted by molar-refractivity contribution is 5.96. The van der Waals surface area contributed by atoms with Gasteiger partial charge in [-0.2, -0.15) is 0 Å². The molecule has 1 fully saturated rings. The molecular weight excluding hydrogens is 316 g/mol. The third-order valence-corrected chi connectivity index (χ3v) is 4.79. The molecule has 0 N–H and O–H groups in total. The number of hydrogen-bond donors (Lipinski definition) is 0. The molecule has 3 rings (SSSR count). The fraction of sp³-hybridized carbons (Fsp3) is 0.350. The number of rotatable bonds is 6. The summed E-state index contributed by atoms with van der Waals surface area (Å²) in [7, 11) is 0. The van der Waals surface area contributed by atoms with Crippen molar-refractivity contribution in [2.45, 2.75) is 31.7 Å². The van der Waals surface area contributed by atoms with Crippen molar-refractivity contribution in [2.24, 2.45) is 0 Å². The molecule has 0 radical (unpaired) electrons. The van der Waals surface area contributed by atoms with Crippen molar-refractivity contribution in [3.05, 3.63) is 75.8 Å². The van der Waals surface area contributed by atoms with Gasteiger partial charge in [-0.05, 0) is 43.6 Å². The summed E-state index contributed by atoms with van der Waals surface area (Å²) in [5.74, 6) is 0.0225. The smallest absolute Gasteiger partial charge is 0.269 e. The molecular formula is C20H22N2O3. The number of Topliss-reactive ketones (excluding diaryl/α,β-unsaturated/α-hetero) is 1. The number of non-ortho nitro benzene ring substituents is 1. The number of ketones is 1. The molecule has 1 atom stereocenters. The number of hydrogen-bond acceptors (Lipinski definition) is 4. The molecule has 0 aromatic heterocycles. The molecule has 1 aliphatic rings. The minimum Gasteiger partial charge on any atom is -0.296 e. The summed E-state index contributed by atoms with van der Waals surface area (Å²) in [6.07, 6.45) is 3.96. The monoisotopic (exact) mass is 338 g/mol. The van der Waals surface area contributed by atoms with Crippen molar-refractivity contribution in [1.29, 1.82) is 0 Å². The Balaban J connectivity index is 1.79. The van der Waals surface area contributed by atoms with Crippen LogP contribution >= 0.6 is 0 Å². The number of carbonyl (C=O) groups is 1. The number of carbonyl (C=O) groups excluding carboxylic acids is 1. The second-order valence-electron chi connectivity index (χ2n) is 6.45. The van der Waals surface area contributed by atoms with Gasteiger partial charge in [0.15, 0.2) is 5.78 Å². The van der Waals surface area contributed by atoms with Crippen LogP contribution in [0.15, 0.2) is 54.6 Å². The van der Waals surface area contributed by atoms with E-state index in [1.54, 1.807) is 12.1 Å². The van der Waals surface area contributed by atoms with E-state index in [0.717, 1.165) is 31.5 Å². The Morgan fingerprint density at radius 3 is 2.24 bits per heavy atom. The van der Waals surface area contributed by atoms with Crippen molar-refractivity contribution in [3.8, 4) is 0 Å². The highest BCUT2D eigenvalue weighted by Gasteiger charge is 2.25. The van der Waals surface area contributed by atoms with Crippen LogP contribution in [0.25, 0.3) is 0 Å². The quantitative estimate of drug-likeness (QED) is 0.445. The molecule has 5 nitrogen and oxygen atoms in total. The molecule has 0 bridgehead atoms. The number of benzene rings is 2. The lowest BCUT2D eigenvalue weighted by Crippen LogP contribution is -2.35. The molecule has 0 saturated carbocycles. The van der Waals surface area contributed by atoms with E-state index in [2.05, 4.69) is 17.0 Å². The molecule has 1 aliphatic heterocycles. The van der Waals surface area contributed by atoms with Gasteiger partial charge in [0.2, 0.25) is 0 Å². The highest BCUT2D eigenvalue weighted by atomic mass is 16.6. The summed E-state index contributed by atoms with van der Waals surface area (Å²) in [6, 6.07) is 16.1. The van der Waals surface area contributed by atoms with E-state index in [9.17, 15) is 14.9 Å². The lowest BCUT2D eigenvalue weighted by molar-refractivity contribution is -0.384. The van der Waals surface area contributed by atoms with Gasteiger partial charge in [-0.25, -0.2) is 0 Å². The zero-order chi connectivity index (χ0) is 17.6. The van der Waals surface area contributed by atoms with E-state index in [-0.39, 0.29) is 17.5 Å². The van der Waals surface area contributed by atoms with E-state index in [1.165, 1.54) is 18.6 Å². The van der Waals surface area contributed by atoms with Crippen molar-refractivity contribution < 1.29 is 9.72 Å². The fourth-order valence-corrected chi connectivity index (χ4v) is 3.43. The first-order chi connectivity index (χ1) is 12.1. The van der Waals surface area contributed by atoms with E-state index >= 15 is 0 Å². The third kappa shape index (κ3) is 4.31. The summed E-state index contributed by atoms with van der Waals surface area (Å²) in [4.78, 5) is 25.5. The second-order valence-corrected chi connectivity index (χ2v) is 6.45. The molecule has 5 heteroatoms. The molecule has 1 saturated heterocycles. The van der Waals surface area contributed by atoms with Crippen LogP contribution in [0.3, 0.4) is 0 Å². The maximum Gasteiger partial charge on any atom is 0.269 e. The lowest BCUT2D eigenvalue weighted by Gasteiger charge is -2.34. The fourth-order valence-electron chi connectivity index (χ4n) is 3.43. The van der Waals surface area contributed by atoms with Gasteiger partial charge in [-0.15, -0.1) is 0 Å². The van der Waals surface area contributed by atoms with Crippen LogP contribution in [-0.4, -0.2) is 28.7 Å². The molecule has 1 unspecified atom stereocenters. The largest absolute Gasteiger partial charge is 0.296 e. The number of nitro groups is 1. The SMILES string of the molecule is O=C(CC(c1ccccc1)N1CCCCC1)c1ccc([N+](=O)[O-])cc1. The predicted molar refractivity (Wildman–Crippen MR) is 96.7 cm³/mol. The molecule has 0 spiro atoms. The van der Waals surface area contributed by atoms with Crippen LogP contribution in [0.4, 0.5) is 5.69 Å². The Morgan fingerprint density at radius 1 is 1.00 bits per heavy atom. The average Bonchev–Trinajstić information content (AvgIpc) is 2.67. The van der Waals surface area contributed by atoms with Gasteiger partial charge in [-0.1, -0.05) is 36.8 Å². The topological polar surface area (TPSA) is 63.5 Å². The van der Waals surface area contributed by atoms with Gasteiger partial charge in [0.25, 0.3) is 5.69 Å². The van der Waals surface area contributed by atoms with Gasteiger partial charge >= 0.3 is 0 Å². The second kappa shape index (κ2) is 8.03. The minimum absolute atomic E-state index is 0.00666. The maximum atomic E-state index is 12.8. The molecule has 2 aromatic carbocycles. The number of likely N-dealkylation sites (tertiary alicyclic amines) is 1. The van der Waals surface area contributed by atoms with Crippen molar-refractivity contribution >= 4 is 11.5 Å². The zero-order valence-electron chi connectivity index (χ0n) is 14.1. The van der Waals surface area contributed by atoms with Crippen molar-refractivity contribution in [3.63, 3.8) is 0 Å². The van der Waals surface area contributed by atoms with Crippen LogP contribution in [0.5, 0.6) is 0 Å². The molecule has 130 valence electrons. The Labute approximate surface area is 147 Å². The number of nitrogens with zero attached hydrogens (tertiary/aromatic N) is 2. The van der Waals surface area contributed by atoms with E-state index in [1.807, 2.05) is 18.2 Å². The standard InChI is InChI=1S/C20H22N2O3/c23-20(17-9-11-18(12-10-17)22(24)25)15-19(16-7-3-1-4-8-16)21-13-5-2-6-14-21/h1,3-4,7-12,19H,2,5-6,13-15H2. The normalized spacial score (nSPS) is 16.3. The van der Waals surface area contributed by atoms with Crippen LogP contribution in [0.1, 0.15) is 47.6 Å². The van der Waals surface area contributed by atoms with Gasteiger partial charge in [0.1, 0.15) is 0 Å². The first-order valence-electron chi connectivity index (χ1n) is 8.72. The van der Waals surface area contributed by atoms with Crippen LogP contribution in [-0.2, 0) is 0 Å². The van der Waals surface area contributed by atoms with E-state index in [4.69, 9.17) is 0 Å². The van der Waals surface area contributed by atoms with Gasteiger partial charge in [0.05, 0.1) is 4.92 Å². The molecule has 2 aromatic rings. The predicted octanol–water partition coefficient (Wildman–Crippen LogP) is 4.39. The lowest BCUT2D eigenvalue weighted by atomic mass is 9.94. The zero-order valence-corrected chi connectivity index (χ0v) is 14.1. The molecule has 1 heterocycles. The Bertz CT molecular complexity index is 722. The molecule has 0 amide bonds. The van der Waals surface area contributed by atoms with Crippen LogP contribution in [0, 0.1) is 10.1 Å². The summed E-state index contributed by atoms with van der Waals surface area (Å²) in [6.45, 7) is 2.01. The maximum absolute atomic E-state index is 12.8. The van der Waals surface area contributed by atoms with Crippen LogP contribution < -0.4 is 0 Å². The van der Waals surface area contributed by atoms with Gasteiger partial charge in [-0.3, -0.25) is 19.8 Å². The average molecular weight is 338 g/mol. The molecule has 25 heavy (non-hydrogen) atoms.